The van der Waals surface area contributed by atoms with Gasteiger partial charge in [0, 0.05) is 15.7 Å². The lowest BCUT2D eigenvalue weighted by Crippen LogP contribution is -2.36. The third-order valence-electron chi connectivity index (χ3n) is 2.93. The van der Waals surface area contributed by atoms with Gasteiger partial charge < -0.3 is 5.32 Å². The van der Waals surface area contributed by atoms with E-state index in [1.54, 1.807) is 18.2 Å². The average molecular weight is 326 g/mol. The molecular formula is C12H9Cl2N5O2. The van der Waals surface area contributed by atoms with Gasteiger partial charge in [-0.2, -0.15) is 10.1 Å². The van der Waals surface area contributed by atoms with Crippen molar-refractivity contribution in [3.8, 4) is 0 Å². The zero-order valence-corrected chi connectivity index (χ0v) is 12.0. The highest BCUT2D eigenvalue weighted by Crippen LogP contribution is 2.26. The van der Waals surface area contributed by atoms with Crippen LogP contribution >= 0.6 is 23.2 Å². The van der Waals surface area contributed by atoms with Crippen molar-refractivity contribution in [3.63, 3.8) is 0 Å². The smallest absolute Gasteiger partial charge is 0.249 e. The van der Waals surface area contributed by atoms with E-state index in [0.29, 0.717) is 15.7 Å². The van der Waals surface area contributed by atoms with Gasteiger partial charge in [-0.3, -0.25) is 14.9 Å². The summed E-state index contributed by atoms with van der Waals surface area (Å²) in [7, 11) is 0. The largest absolute Gasteiger partial charge is 0.324 e. The second-order valence-electron chi connectivity index (χ2n) is 4.44. The second kappa shape index (κ2) is 5.34. The van der Waals surface area contributed by atoms with Crippen molar-refractivity contribution in [2.24, 2.45) is 0 Å². The van der Waals surface area contributed by atoms with Crippen LogP contribution in [0.15, 0.2) is 24.5 Å². The number of fused-ring (bicyclic) bond motifs is 1. The number of carbonyl (C=O) groups is 2. The SMILES string of the molecule is O=C1C[C@@H](C(=O)Nc2cc(Cl)cc(Cl)c2)n2ncnc2N1. The summed E-state index contributed by atoms with van der Waals surface area (Å²) in [6.45, 7) is 0. The molecule has 1 aliphatic rings. The maximum absolute atomic E-state index is 12.3. The molecule has 0 fully saturated rings. The van der Waals surface area contributed by atoms with E-state index < -0.39 is 11.9 Å². The van der Waals surface area contributed by atoms with Gasteiger partial charge in [0.25, 0.3) is 0 Å². The van der Waals surface area contributed by atoms with Gasteiger partial charge in [0.2, 0.25) is 17.8 Å². The summed E-state index contributed by atoms with van der Waals surface area (Å²) >= 11 is 11.8. The number of nitrogens with one attached hydrogen (secondary N) is 2. The molecule has 2 amide bonds. The van der Waals surface area contributed by atoms with Gasteiger partial charge in [0.05, 0.1) is 6.42 Å². The first-order valence-electron chi connectivity index (χ1n) is 5.99. The molecule has 1 aromatic carbocycles. The monoisotopic (exact) mass is 325 g/mol. The lowest BCUT2D eigenvalue weighted by molar-refractivity contribution is -0.125. The summed E-state index contributed by atoms with van der Waals surface area (Å²) < 4.78 is 1.36. The summed E-state index contributed by atoms with van der Waals surface area (Å²) in [5.74, 6) is -0.440. The van der Waals surface area contributed by atoms with Crippen molar-refractivity contribution in [2.45, 2.75) is 12.5 Å². The van der Waals surface area contributed by atoms with Gasteiger partial charge in [0.15, 0.2) is 0 Å². The van der Waals surface area contributed by atoms with Crippen LogP contribution in [0.1, 0.15) is 12.5 Å². The van der Waals surface area contributed by atoms with Crippen molar-refractivity contribution in [3.05, 3.63) is 34.6 Å². The summed E-state index contributed by atoms with van der Waals surface area (Å²) in [5, 5.41) is 9.96. The molecule has 0 radical (unpaired) electrons. The molecule has 0 unspecified atom stereocenters. The topological polar surface area (TPSA) is 88.9 Å². The van der Waals surface area contributed by atoms with Crippen LogP contribution in [0.4, 0.5) is 11.6 Å². The van der Waals surface area contributed by atoms with Gasteiger partial charge in [-0.15, -0.1) is 0 Å². The second-order valence-corrected chi connectivity index (χ2v) is 5.32. The molecule has 7 nitrogen and oxygen atoms in total. The van der Waals surface area contributed by atoms with Crippen LogP contribution in [0.25, 0.3) is 0 Å². The van der Waals surface area contributed by atoms with E-state index in [-0.39, 0.29) is 18.3 Å². The van der Waals surface area contributed by atoms with Crippen molar-refractivity contribution in [1.82, 2.24) is 14.8 Å². The average Bonchev–Trinajstić information content (AvgIpc) is 2.84. The summed E-state index contributed by atoms with van der Waals surface area (Å²) in [4.78, 5) is 27.8. The Morgan fingerprint density at radius 1 is 1.33 bits per heavy atom. The lowest BCUT2D eigenvalue weighted by atomic mass is 10.1. The number of hydrogen-bond acceptors (Lipinski definition) is 4. The first-order valence-corrected chi connectivity index (χ1v) is 6.75. The molecule has 1 aliphatic heterocycles. The Bertz CT molecular complexity index is 710. The van der Waals surface area contributed by atoms with Crippen molar-refractivity contribution < 1.29 is 9.59 Å². The van der Waals surface area contributed by atoms with Crippen molar-refractivity contribution >= 4 is 46.7 Å². The van der Waals surface area contributed by atoms with Gasteiger partial charge in [-0.05, 0) is 18.2 Å². The Morgan fingerprint density at radius 3 is 2.76 bits per heavy atom. The van der Waals surface area contributed by atoms with Crippen LogP contribution in [-0.2, 0) is 9.59 Å². The fourth-order valence-corrected chi connectivity index (χ4v) is 2.59. The van der Waals surface area contributed by atoms with Crippen molar-refractivity contribution in [1.29, 1.82) is 0 Å². The minimum Gasteiger partial charge on any atom is -0.324 e. The molecule has 1 aromatic heterocycles. The number of nitrogens with zero attached hydrogens (tertiary/aromatic N) is 3. The number of anilines is 2. The van der Waals surface area contributed by atoms with Gasteiger partial charge >= 0.3 is 0 Å². The fourth-order valence-electron chi connectivity index (χ4n) is 2.06. The fraction of sp³-hybridized carbons (Fsp3) is 0.167. The molecule has 108 valence electrons. The Hall–Kier alpha value is -2.12. The molecule has 0 saturated carbocycles. The van der Waals surface area contributed by atoms with Gasteiger partial charge in [-0.25, -0.2) is 4.68 Å². The van der Waals surface area contributed by atoms with Crippen LogP contribution in [0, 0.1) is 0 Å². The number of halogens is 2. The lowest BCUT2D eigenvalue weighted by Gasteiger charge is -2.22. The molecule has 0 aliphatic carbocycles. The Balaban J connectivity index is 1.85. The first kappa shape index (κ1) is 13.8. The summed E-state index contributed by atoms with van der Waals surface area (Å²) in [5.41, 5.74) is 0.449. The van der Waals surface area contributed by atoms with Crippen LogP contribution in [0.3, 0.4) is 0 Å². The predicted octanol–water partition coefficient (Wildman–Crippen LogP) is 2.11. The number of amides is 2. The normalized spacial score (nSPS) is 17.0. The standard InChI is InChI=1S/C12H9Cl2N5O2/c13-6-1-7(14)3-8(2-6)17-11(21)9-4-10(20)18-12-15-5-16-19(9)12/h1-3,5,9H,4H2,(H,17,21)(H,15,16,18,20)/t9-/m0/s1. The maximum Gasteiger partial charge on any atom is 0.249 e. The Labute approximate surface area is 129 Å². The molecule has 21 heavy (non-hydrogen) atoms. The highest BCUT2D eigenvalue weighted by Gasteiger charge is 2.31. The first-order chi connectivity index (χ1) is 10.0. The molecule has 2 aromatic rings. The van der Waals surface area contributed by atoms with Crippen LogP contribution in [0.5, 0.6) is 0 Å². The van der Waals surface area contributed by atoms with E-state index in [1.165, 1.54) is 11.0 Å². The van der Waals surface area contributed by atoms with Crippen molar-refractivity contribution in [2.75, 3.05) is 10.6 Å². The molecule has 0 saturated heterocycles. The van der Waals surface area contributed by atoms with E-state index in [9.17, 15) is 9.59 Å². The summed E-state index contributed by atoms with van der Waals surface area (Å²) in [6, 6.07) is 3.92. The molecule has 1 atom stereocenters. The molecule has 3 rings (SSSR count). The number of carbonyl (C=O) groups excluding carboxylic acids is 2. The quantitative estimate of drug-likeness (QED) is 0.884. The highest BCUT2D eigenvalue weighted by atomic mass is 35.5. The minimum atomic E-state index is -0.769. The predicted molar refractivity (Wildman–Crippen MR) is 77.4 cm³/mol. The molecule has 2 N–H and O–H groups in total. The van der Waals surface area contributed by atoms with E-state index >= 15 is 0 Å². The van der Waals surface area contributed by atoms with Gasteiger partial charge in [0.1, 0.15) is 12.4 Å². The van der Waals surface area contributed by atoms with E-state index in [1.807, 2.05) is 0 Å². The minimum absolute atomic E-state index is 0.0174. The number of benzene rings is 1. The molecular weight excluding hydrogens is 317 g/mol. The molecule has 0 bridgehead atoms. The zero-order chi connectivity index (χ0) is 15.0. The number of aromatic nitrogens is 3. The molecule has 0 spiro atoms. The van der Waals surface area contributed by atoms with E-state index in [4.69, 9.17) is 23.2 Å². The zero-order valence-electron chi connectivity index (χ0n) is 10.5. The van der Waals surface area contributed by atoms with Crippen LogP contribution in [0.2, 0.25) is 10.0 Å². The Kier molecular flexibility index (Phi) is 3.52. The highest BCUT2D eigenvalue weighted by molar-refractivity contribution is 6.35. The van der Waals surface area contributed by atoms with Gasteiger partial charge in [-0.1, -0.05) is 23.2 Å². The number of hydrogen-bond donors (Lipinski definition) is 2. The van der Waals surface area contributed by atoms with Crippen LogP contribution in [-0.4, -0.2) is 26.6 Å². The summed E-state index contributed by atoms with van der Waals surface area (Å²) in [6.07, 6.45) is 1.26. The van der Waals surface area contributed by atoms with E-state index in [0.717, 1.165) is 0 Å². The van der Waals surface area contributed by atoms with E-state index in [2.05, 4.69) is 20.7 Å². The Morgan fingerprint density at radius 2 is 2.05 bits per heavy atom. The third kappa shape index (κ3) is 2.84. The molecule has 9 heteroatoms. The van der Waals surface area contributed by atoms with Crippen LogP contribution < -0.4 is 10.6 Å². The third-order valence-corrected chi connectivity index (χ3v) is 3.37. The number of rotatable bonds is 2. The molecule has 2 heterocycles. The maximum atomic E-state index is 12.3.